The average molecular weight is 305 g/mol. The molecule has 20 heavy (non-hydrogen) atoms. The van der Waals surface area contributed by atoms with Crippen LogP contribution in [-0.4, -0.2) is 42.7 Å². The third-order valence-corrected chi connectivity index (χ3v) is 4.06. The van der Waals surface area contributed by atoms with E-state index in [0.29, 0.717) is 18.0 Å². The third kappa shape index (κ3) is 2.22. The lowest BCUT2D eigenvalue weighted by Gasteiger charge is -2.39. The largest absolute Gasteiger partial charge is 0.471 e. The maximum Gasteiger partial charge on any atom is 0.471 e. The highest BCUT2D eigenvalue weighted by Gasteiger charge is 2.45. The van der Waals surface area contributed by atoms with E-state index in [-0.39, 0.29) is 19.1 Å². The Morgan fingerprint density at radius 2 is 2.05 bits per heavy atom. The molecule has 7 heteroatoms. The molecule has 1 saturated heterocycles. The second-order valence-electron chi connectivity index (χ2n) is 5.07. The molecular weight excluding hydrogens is 293 g/mol. The van der Waals surface area contributed by atoms with Crippen LogP contribution in [0.15, 0.2) is 18.2 Å². The van der Waals surface area contributed by atoms with Crippen molar-refractivity contribution in [3.8, 4) is 0 Å². The molecule has 108 valence electrons. The number of amides is 1. The fraction of sp³-hybridized carbons (Fsp3) is 0.462. The number of alkyl halides is 3. The fourth-order valence-corrected chi connectivity index (χ4v) is 3.11. The summed E-state index contributed by atoms with van der Waals surface area (Å²) in [5.41, 5.74) is 2.04. The molecule has 3 rings (SSSR count). The molecule has 0 aromatic heterocycles. The Morgan fingerprint density at radius 3 is 2.75 bits per heavy atom. The summed E-state index contributed by atoms with van der Waals surface area (Å²) < 4.78 is 37.4. The van der Waals surface area contributed by atoms with Gasteiger partial charge in [0.25, 0.3) is 0 Å². The van der Waals surface area contributed by atoms with Crippen LogP contribution in [0.4, 0.5) is 18.9 Å². The summed E-state index contributed by atoms with van der Waals surface area (Å²) in [5.74, 6) is -1.74. The summed E-state index contributed by atoms with van der Waals surface area (Å²) in [6, 6.07) is 5.41. The summed E-state index contributed by atoms with van der Waals surface area (Å²) in [5, 5.41) is 0.609. The van der Waals surface area contributed by atoms with Gasteiger partial charge in [0.05, 0.1) is 6.04 Å². The van der Waals surface area contributed by atoms with Crippen LogP contribution in [0, 0.1) is 0 Å². The Kier molecular flexibility index (Phi) is 3.08. The molecule has 1 atom stereocenters. The lowest BCUT2D eigenvalue weighted by molar-refractivity contribution is -0.186. The Labute approximate surface area is 118 Å². The standard InChI is InChI=1S/C13H12ClF3N2O/c14-9-2-1-8-5-10-7-18(12(20)13(15,16)17)3-4-19(10)11(8)6-9/h1-2,6,10H,3-5,7H2/t10-/m0/s1. The SMILES string of the molecule is O=C(N1CCN2c3cc(Cl)ccc3C[C@H]2C1)C(F)(F)F. The first-order chi connectivity index (χ1) is 9.36. The van der Waals surface area contributed by atoms with E-state index in [1.807, 2.05) is 17.0 Å². The minimum Gasteiger partial charge on any atom is -0.364 e. The highest BCUT2D eigenvalue weighted by atomic mass is 35.5. The summed E-state index contributed by atoms with van der Waals surface area (Å²) in [7, 11) is 0. The smallest absolute Gasteiger partial charge is 0.364 e. The van der Waals surface area contributed by atoms with Crippen LogP contribution in [0.5, 0.6) is 0 Å². The van der Waals surface area contributed by atoms with E-state index >= 15 is 0 Å². The zero-order valence-corrected chi connectivity index (χ0v) is 11.2. The van der Waals surface area contributed by atoms with Crippen molar-refractivity contribution in [1.29, 1.82) is 0 Å². The molecule has 1 aromatic rings. The molecule has 0 radical (unpaired) electrons. The van der Waals surface area contributed by atoms with Gasteiger partial charge in [0.15, 0.2) is 0 Å². The first-order valence-electron chi connectivity index (χ1n) is 6.27. The van der Waals surface area contributed by atoms with Crippen molar-refractivity contribution in [2.45, 2.75) is 18.6 Å². The Balaban J connectivity index is 1.78. The number of fused-ring (bicyclic) bond motifs is 3. The number of anilines is 1. The predicted molar refractivity (Wildman–Crippen MR) is 68.9 cm³/mol. The molecule has 0 spiro atoms. The summed E-state index contributed by atoms with van der Waals surface area (Å²) in [4.78, 5) is 14.2. The van der Waals surface area contributed by atoms with E-state index in [1.54, 1.807) is 6.07 Å². The molecular formula is C13H12ClF3N2O. The minimum absolute atomic E-state index is 0.0841. The highest BCUT2D eigenvalue weighted by molar-refractivity contribution is 6.30. The lowest BCUT2D eigenvalue weighted by atomic mass is 10.1. The fourth-order valence-electron chi connectivity index (χ4n) is 2.94. The Bertz CT molecular complexity index is 561. The molecule has 2 aliphatic heterocycles. The zero-order valence-electron chi connectivity index (χ0n) is 10.5. The number of nitrogens with zero attached hydrogens (tertiary/aromatic N) is 2. The van der Waals surface area contributed by atoms with Crippen molar-refractivity contribution < 1.29 is 18.0 Å². The quantitative estimate of drug-likeness (QED) is 0.735. The van der Waals surface area contributed by atoms with E-state index in [2.05, 4.69) is 0 Å². The molecule has 1 aromatic carbocycles. The molecule has 1 fully saturated rings. The normalized spacial score (nSPS) is 21.7. The molecule has 0 bridgehead atoms. The highest BCUT2D eigenvalue weighted by Crippen LogP contribution is 2.36. The summed E-state index contributed by atoms with van der Waals surface area (Å²) in [6.07, 6.45) is -4.15. The Hall–Kier alpha value is -1.43. The van der Waals surface area contributed by atoms with Gasteiger partial charge in [0.2, 0.25) is 0 Å². The Morgan fingerprint density at radius 1 is 1.30 bits per heavy atom. The number of rotatable bonds is 0. The van der Waals surface area contributed by atoms with Crippen molar-refractivity contribution >= 4 is 23.2 Å². The summed E-state index contributed by atoms with van der Waals surface area (Å²) in [6.45, 7) is 0.589. The lowest BCUT2D eigenvalue weighted by Crippen LogP contribution is -2.56. The number of carbonyl (C=O) groups excluding carboxylic acids is 1. The summed E-state index contributed by atoms with van der Waals surface area (Å²) >= 11 is 5.95. The maximum absolute atomic E-state index is 12.5. The first-order valence-corrected chi connectivity index (χ1v) is 6.65. The van der Waals surface area contributed by atoms with Crippen LogP contribution < -0.4 is 4.90 Å². The number of benzene rings is 1. The monoisotopic (exact) mass is 304 g/mol. The molecule has 0 saturated carbocycles. The molecule has 3 nitrogen and oxygen atoms in total. The number of halogens is 4. The zero-order chi connectivity index (χ0) is 14.5. The van der Waals surface area contributed by atoms with Crippen LogP contribution >= 0.6 is 11.6 Å². The third-order valence-electron chi connectivity index (χ3n) is 3.82. The van der Waals surface area contributed by atoms with E-state index in [0.717, 1.165) is 16.2 Å². The second-order valence-corrected chi connectivity index (χ2v) is 5.51. The van der Waals surface area contributed by atoms with Crippen molar-refractivity contribution in [2.75, 3.05) is 24.5 Å². The molecule has 2 aliphatic rings. The molecule has 1 amide bonds. The van der Waals surface area contributed by atoms with Crippen LogP contribution in [0.3, 0.4) is 0 Å². The second kappa shape index (κ2) is 4.55. The number of piperazine rings is 1. The first kappa shape index (κ1) is 13.5. The van der Waals surface area contributed by atoms with Gasteiger partial charge < -0.3 is 9.80 Å². The van der Waals surface area contributed by atoms with E-state index in [4.69, 9.17) is 11.6 Å². The van der Waals surface area contributed by atoms with Crippen molar-refractivity contribution in [3.63, 3.8) is 0 Å². The van der Waals surface area contributed by atoms with Gasteiger partial charge in [-0.25, -0.2) is 0 Å². The van der Waals surface area contributed by atoms with Crippen LogP contribution in [-0.2, 0) is 11.2 Å². The van der Waals surface area contributed by atoms with E-state index in [1.165, 1.54) is 0 Å². The number of hydrogen-bond donors (Lipinski definition) is 0. The number of hydrogen-bond acceptors (Lipinski definition) is 2. The molecule has 0 unspecified atom stereocenters. The van der Waals surface area contributed by atoms with Crippen LogP contribution in [0.1, 0.15) is 5.56 Å². The number of carbonyl (C=O) groups is 1. The maximum atomic E-state index is 12.5. The van der Waals surface area contributed by atoms with Crippen molar-refractivity contribution in [2.24, 2.45) is 0 Å². The molecule has 0 N–H and O–H groups in total. The average Bonchev–Trinajstić information content (AvgIpc) is 2.73. The molecule has 0 aliphatic carbocycles. The van der Waals surface area contributed by atoms with Gasteiger partial charge in [-0.1, -0.05) is 17.7 Å². The van der Waals surface area contributed by atoms with E-state index in [9.17, 15) is 18.0 Å². The van der Waals surface area contributed by atoms with E-state index < -0.39 is 12.1 Å². The van der Waals surface area contributed by atoms with Gasteiger partial charge in [-0.2, -0.15) is 13.2 Å². The van der Waals surface area contributed by atoms with Gasteiger partial charge >= 0.3 is 12.1 Å². The van der Waals surface area contributed by atoms with Gasteiger partial charge in [0, 0.05) is 30.3 Å². The van der Waals surface area contributed by atoms with Crippen LogP contribution in [0.25, 0.3) is 0 Å². The van der Waals surface area contributed by atoms with Gasteiger partial charge in [-0.3, -0.25) is 4.79 Å². The molecule has 2 heterocycles. The van der Waals surface area contributed by atoms with Gasteiger partial charge in [-0.15, -0.1) is 0 Å². The predicted octanol–water partition coefficient (Wildman–Crippen LogP) is 2.48. The van der Waals surface area contributed by atoms with Crippen molar-refractivity contribution in [1.82, 2.24) is 4.90 Å². The van der Waals surface area contributed by atoms with Gasteiger partial charge in [-0.05, 0) is 24.1 Å². The van der Waals surface area contributed by atoms with Gasteiger partial charge in [0.1, 0.15) is 0 Å². The topological polar surface area (TPSA) is 23.6 Å². The minimum atomic E-state index is -4.79. The van der Waals surface area contributed by atoms with Crippen LogP contribution in [0.2, 0.25) is 5.02 Å². The van der Waals surface area contributed by atoms with Crippen molar-refractivity contribution in [3.05, 3.63) is 28.8 Å².